The van der Waals surface area contributed by atoms with Crippen LogP contribution >= 0.6 is 0 Å². The second kappa shape index (κ2) is 7.19. The van der Waals surface area contributed by atoms with Gasteiger partial charge in [0.2, 0.25) is 5.82 Å². The highest BCUT2D eigenvalue weighted by Crippen LogP contribution is 2.25. The Kier molecular flexibility index (Phi) is 5.16. The predicted molar refractivity (Wildman–Crippen MR) is 88.2 cm³/mol. The van der Waals surface area contributed by atoms with Gasteiger partial charge in [-0.15, -0.1) is 0 Å². The summed E-state index contributed by atoms with van der Waals surface area (Å²) in [5.41, 5.74) is 0.342. The van der Waals surface area contributed by atoms with E-state index in [4.69, 9.17) is 9.26 Å². The van der Waals surface area contributed by atoms with Crippen LogP contribution in [0, 0.1) is 5.82 Å². The molecule has 7 nitrogen and oxygen atoms in total. The summed E-state index contributed by atoms with van der Waals surface area (Å²) in [5.74, 6) is -0.346. The topological polar surface area (TPSA) is 94.3 Å². The molecule has 1 N–H and O–H groups in total. The van der Waals surface area contributed by atoms with E-state index >= 15 is 0 Å². The normalized spacial score (nSPS) is 17.6. The summed E-state index contributed by atoms with van der Waals surface area (Å²) in [4.78, 5) is 3.89. The quantitative estimate of drug-likeness (QED) is 0.862. The molecule has 2 heterocycles. The van der Waals surface area contributed by atoms with Gasteiger partial charge in [0.25, 0.3) is 5.89 Å². The van der Waals surface area contributed by atoms with Crippen LogP contribution in [0.2, 0.25) is 0 Å². The van der Waals surface area contributed by atoms with Crippen LogP contribution in [-0.2, 0) is 14.6 Å². The highest BCUT2D eigenvalue weighted by Gasteiger charge is 2.22. The molecule has 1 aliphatic rings. The first-order chi connectivity index (χ1) is 11.8. The monoisotopic (exact) mass is 369 g/mol. The van der Waals surface area contributed by atoms with E-state index in [1.165, 1.54) is 12.1 Å². The Bertz CT molecular complexity index is 847. The number of rotatable bonds is 5. The predicted octanol–water partition coefficient (Wildman–Crippen LogP) is 2.11. The molecule has 136 valence electrons. The zero-order valence-electron chi connectivity index (χ0n) is 14.0. The number of aromatic nitrogens is 2. The van der Waals surface area contributed by atoms with Crippen molar-refractivity contribution in [2.24, 2.45) is 0 Å². The van der Waals surface area contributed by atoms with Crippen molar-refractivity contribution >= 4 is 9.84 Å². The molecule has 25 heavy (non-hydrogen) atoms. The van der Waals surface area contributed by atoms with Gasteiger partial charge in [-0.2, -0.15) is 4.98 Å². The van der Waals surface area contributed by atoms with Crippen molar-refractivity contribution in [3.05, 3.63) is 29.9 Å². The third kappa shape index (κ3) is 4.23. The Balaban J connectivity index is 1.75. The van der Waals surface area contributed by atoms with Gasteiger partial charge in [0.05, 0.1) is 6.10 Å². The summed E-state index contributed by atoms with van der Waals surface area (Å²) in [6, 6.07) is 3.74. The molecular formula is C16H20FN3O4S. The van der Waals surface area contributed by atoms with Crippen LogP contribution < -0.4 is 5.32 Å². The molecule has 1 unspecified atom stereocenters. The molecule has 0 spiro atoms. The lowest BCUT2D eigenvalue weighted by Crippen LogP contribution is -2.33. The van der Waals surface area contributed by atoms with Crippen molar-refractivity contribution in [3.63, 3.8) is 0 Å². The minimum atomic E-state index is -3.62. The average molecular weight is 369 g/mol. The van der Waals surface area contributed by atoms with Gasteiger partial charge in [0.1, 0.15) is 16.8 Å². The number of sulfone groups is 1. The molecule has 1 aromatic carbocycles. The third-order valence-corrected chi connectivity index (χ3v) is 5.19. The number of benzene rings is 1. The van der Waals surface area contributed by atoms with Crippen LogP contribution in [0.5, 0.6) is 0 Å². The molecule has 1 saturated heterocycles. The smallest absolute Gasteiger partial charge is 0.255 e. The van der Waals surface area contributed by atoms with E-state index in [1.807, 2.05) is 6.92 Å². The number of hydrogen-bond donors (Lipinski definition) is 1. The molecule has 0 radical (unpaired) electrons. The Morgan fingerprint density at radius 2 is 2.08 bits per heavy atom. The highest BCUT2D eigenvalue weighted by atomic mass is 32.2. The van der Waals surface area contributed by atoms with E-state index in [-0.39, 0.29) is 22.9 Å². The van der Waals surface area contributed by atoms with Crippen molar-refractivity contribution < 1.29 is 22.1 Å². The van der Waals surface area contributed by atoms with Crippen molar-refractivity contribution in [1.82, 2.24) is 15.5 Å². The van der Waals surface area contributed by atoms with Crippen LogP contribution in [-0.4, -0.2) is 44.0 Å². The molecule has 1 aromatic heterocycles. The van der Waals surface area contributed by atoms with E-state index < -0.39 is 15.7 Å². The zero-order chi connectivity index (χ0) is 18.0. The number of nitrogens with zero attached hydrogens (tertiary/aromatic N) is 2. The maximum Gasteiger partial charge on any atom is 0.255 e. The van der Waals surface area contributed by atoms with E-state index in [0.29, 0.717) is 11.5 Å². The van der Waals surface area contributed by atoms with Gasteiger partial charge in [0, 0.05) is 11.8 Å². The maximum atomic E-state index is 14.0. The molecule has 9 heteroatoms. The van der Waals surface area contributed by atoms with E-state index in [9.17, 15) is 12.8 Å². The zero-order valence-corrected chi connectivity index (χ0v) is 14.8. The number of nitrogens with one attached hydrogen (secondary N) is 1. The maximum absolute atomic E-state index is 14.0. The molecule has 0 aliphatic carbocycles. The van der Waals surface area contributed by atoms with Crippen LogP contribution in [0.4, 0.5) is 4.39 Å². The molecule has 1 aliphatic heterocycles. The van der Waals surface area contributed by atoms with Gasteiger partial charge in [-0.25, -0.2) is 12.8 Å². The number of halogens is 1. The second-order valence-corrected chi connectivity index (χ2v) is 8.09. The van der Waals surface area contributed by atoms with Crippen LogP contribution in [0.15, 0.2) is 27.6 Å². The third-order valence-electron chi connectivity index (χ3n) is 4.06. The summed E-state index contributed by atoms with van der Waals surface area (Å²) >= 11 is 0. The summed E-state index contributed by atoms with van der Waals surface area (Å²) in [5, 5.41) is 7.10. The van der Waals surface area contributed by atoms with Gasteiger partial charge in [-0.1, -0.05) is 5.16 Å². The summed E-state index contributed by atoms with van der Waals surface area (Å²) in [6.45, 7) is 3.66. The molecule has 0 saturated carbocycles. The first-order valence-electron chi connectivity index (χ1n) is 8.04. The van der Waals surface area contributed by atoms with Crippen LogP contribution in [0.25, 0.3) is 11.4 Å². The highest BCUT2D eigenvalue weighted by molar-refractivity contribution is 7.90. The van der Waals surface area contributed by atoms with E-state index in [0.717, 1.165) is 38.3 Å². The number of ether oxygens (including phenoxy) is 1. The van der Waals surface area contributed by atoms with Gasteiger partial charge in [0.15, 0.2) is 9.84 Å². The second-order valence-electron chi connectivity index (χ2n) is 6.10. The minimum Gasteiger partial charge on any atom is -0.365 e. The summed E-state index contributed by atoms with van der Waals surface area (Å²) in [7, 11) is -3.62. The lowest BCUT2D eigenvalue weighted by molar-refractivity contribution is -0.0326. The van der Waals surface area contributed by atoms with Crippen molar-refractivity contribution in [2.75, 3.05) is 19.3 Å². The van der Waals surface area contributed by atoms with Crippen molar-refractivity contribution in [3.8, 4) is 11.4 Å². The van der Waals surface area contributed by atoms with Crippen LogP contribution in [0.1, 0.15) is 31.8 Å². The summed E-state index contributed by atoms with van der Waals surface area (Å²) in [6.07, 6.45) is 2.56. The Labute approximate surface area is 145 Å². The minimum absolute atomic E-state index is 0.137. The Hall–Kier alpha value is -1.84. The SMILES string of the molecule is CC(OC1CCNCC1)c1nc(-c2ccc(S(C)(=O)=O)c(F)c2)no1. The fourth-order valence-electron chi connectivity index (χ4n) is 2.74. The van der Waals surface area contributed by atoms with Crippen molar-refractivity contribution in [1.29, 1.82) is 0 Å². The molecular weight excluding hydrogens is 349 g/mol. The molecule has 0 amide bonds. The first-order valence-corrected chi connectivity index (χ1v) is 9.93. The molecule has 1 atom stereocenters. The number of piperidine rings is 1. The van der Waals surface area contributed by atoms with Crippen LogP contribution in [0.3, 0.4) is 0 Å². The Morgan fingerprint density at radius 3 is 2.72 bits per heavy atom. The standard InChI is InChI=1S/C16H20FN3O4S/c1-10(23-12-5-7-18-8-6-12)16-19-15(20-24-16)11-3-4-14(13(17)9-11)25(2,21)22/h3-4,9-10,12,18H,5-8H2,1-2H3. The fraction of sp³-hybridized carbons (Fsp3) is 0.500. The summed E-state index contributed by atoms with van der Waals surface area (Å²) < 4.78 is 48.1. The lowest BCUT2D eigenvalue weighted by Gasteiger charge is -2.24. The molecule has 3 rings (SSSR count). The van der Waals surface area contributed by atoms with Crippen molar-refractivity contribution in [2.45, 2.75) is 36.9 Å². The molecule has 1 fully saturated rings. The van der Waals surface area contributed by atoms with E-state index in [2.05, 4.69) is 15.5 Å². The van der Waals surface area contributed by atoms with E-state index in [1.54, 1.807) is 0 Å². The average Bonchev–Trinajstić information content (AvgIpc) is 3.04. The van der Waals surface area contributed by atoms with Gasteiger partial charge in [-0.3, -0.25) is 0 Å². The Morgan fingerprint density at radius 1 is 1.36 bits per heavy atom. The molecule has 0 bridgehead atoms. The first kappa shape index (κ1) is 18.0. The van der Waals surface area contributed by atoms with Gasteiger partial charge in [-0.05, 0) is 51.1 Å². The fourth-order valence-corrected chi connectivity index (χ4v) is 3.46. The number of hydrogen-bond acceptors (Lipinski definition) is 7. The van der Waals surface area contributed by atoms with Gasteiger partial charge >= 0.3 is 0 Å². The largest absolute Gasteiger partial charge is 0.365 e. The van der Waals surface area contributed by atoms with Gasteiger partial charge < -0.3 is 14.6 Å². The lowest BCUT2D eigenvalue weighted by atomic mass is 10.1. The molecule has 2 aromatic rings.